The lowest BCUT2D eigenvalue weighted by molar-refractivity contribution is 0.399. The van der Waals surface area contributed by atoms with Crippen molar-refractivity contribution in [2.24, 2.45) is 0 Å². The molecule has 0 atom stereocenters. The fraction of sp³-hybridized carbons (Fsp3) is 0.308. The molecule has 1 N–H and O–H groups in total. The Bertz CT molecular complexity index is 783. The van der Waals surface area contributed by atoms with Crippen molar-refractivity contribution >= 4 is 0 Å². The third kappa shape index (κ3) is 6.65. The quantitative estimate of drug-likeness (QED) is 0.535. The minimum atomic E-state index is 0.166. The van der Waals surface area contributed by atoms with E-state index in [1.165, 1.54) is 16.7 Å². The molecule has 3 aromatic rings. The average Bonchev–Trinajstić information content (AvgIpc) is 2.79. The summed E-state index contributed by atoms with van der Waals surface area (Å²) in [7, 11) is 3.45. The minimum absolute atomic E-state index is 0.166. The van der Waals surface area contributed by atoms with E-state index in [-0.39, 0.29) is 5.92 Å². The van der Waals surface area contributed by atoms with Gasteiger partial charge in [-0.05, 0) is 37.2 Å². The van der Waals surface area contributed by atoms with Crippen LogP contribution in [0.2, 0.25) is 0 Å². The second-order valence-electron chi connectivity index (χ2n) is 6.68. The zero-order valence-electron chi connectivity index (χ0n) is 18.0. The third-order valence-electron chi connectivity index (χ3n) is 4.81. The highest BCUT2D eigenvalue weighted by Gasteiger charge is 2.21. The highest BCUT2D eigenvalue weighted by molar-refractivity contribution is 5.48. The first-order chi connectivity index (χ1) is 14.2. The zero-order valence-corrected chi connectivity index (χ0v) is 18.0. The summed E-state index contributed by atoms with van der Waals surface area (Å²) in [6.07, 6.45) is 0.890. The Balaban J connectivity index is 0.000000537. The van der Waals surface area contributed by atoms with Gasteiger partial charge < -0.3 is 14.8 Å². The Labute approximate surface area is 175 Å². The van der Waals surface area contributed by atoms with E-state index in [9.17, 15) is 0 Å². The van der Waals surface area contributed by atoms with Gasteiger partial charge in [-0.25, -0.2) is 0 Å². The molecule has 0 fully saturated rings. The van der Waals surface area contributed by atoms with E-state index in [2.05, 4.69) is 67.7 Å². The van der Waals surface area contributed by atoms with Crippen LogP contribution in [-0.2, 0) is 6.42 Å². The fourth-order valence-electron chi connectivity index (χ4n) is 3.40. The van der Waals surface area contributed by atoms with E-state index in [1.54, 1.807) is 14.2 Å². The van der Waals surface area contributed by atoms with Crippen LogP contribution in [0.25, 0.3) is 0 Å². The lowest BCUT2D eigenvalue weighted by Crippen LogP contribution is -2.09. The Hall–Kier alpha value is -2.78. The summed E-state index contributed by atoms with van der Waals surface area (Å²) in [4.78, 5) is 0. The number of nitrogens with one attached hydrogen (secondary N) is 1. The molecule has 0 heterocycles. The summed E-state index contributed by atoms with van der Waals surface area (Å²) in [5.74, 6) is 1.98. The molecule has 0 aromatic heterocycles. The summed E-state index contributed by atoms with van der Waals surface area (Å²) in [6.45, 7) is 6.39. The largest absolute Gasteiger partial charge is 0.496 e. The Morgan fingerprint density at radius 3 is 1.52 bits per heavy atom. The van der Waals surface area contributed by atoms with E-state index in [1.807, 2.05) is 30.3 Å². The predicted molar refractivity (Wildman–Crippen MR) is 122 cm³/mol. The molecule has 3 heteroatoms. The molecule has 154 valence electrons. The second kappa shape index (κ2) is 12.6. The molecular weight excluding hydrogens is 358 g/mol. The maximum Gasteiger partial charge on any atom is 0.122 e. The van der Waals surface area contributed by atoms with Gasteiger partial charge in [0.05, 0.1) is 14.2 Å². The zero-order chi connectivity index (χ0) is 20.9. The molecule has 0 spiro atoms. The highest BCUT2D eigenvalue weighted by Crippen LogP contribution is 2.38. The smallest absolute Gasteiger partial charge is 0.122 e. The van der Waals surface area contributed by atoms with Crippen LogP contribution >= 0.6 is 0 Å². The van der Waals surface area contributed by atoms with Crippen molar-refractivity contribution in [1.82, 2.24) is 5.32 Å². The predicted octanol–water partition coefficient (Wildman–Crippen LogP) is 5.69. The summed E-state index contributed by atoms with van der Waals surface area (Å²) in [5.41, 5.74) is 3.64. The van der Waals surface area contributed by atoms with Gasteiger partial charge in [0.1, 0.15) is 11.5 Å². The number of hydrogen-bond acceptors (Lipinski definition) is 3. The van der Waals surface area contributed by atoms with Crippen molar-refractivity contribution < 1.29 is 9.47 Å². The van der Waals surface area contributed by atoms with Crippen LogP contribution in [0, 0.1) is 0 Å². The summed E-state index contributed by atoms with van der Waals surface area (Å²) in [5, 5.41) is 3.11. The van der Waals surface area contributed by atoms with Crippen LogP contribution in [0.4, 0.5) is 0 Å². The number of ether oxygens (including phenoxy) is 2. The number of methoxy groups -OCH3 is 2. The molecule has 3 aromatic carbocycles. The van der Waals surface area contributed by atoms with Gasteiger partial charge in [0.25, 0.3) is 0 Å². The first-order valence-electron chi connectivity index (χ1n) is 10.3. The van der Waals surface area contributed by atoms with Gasteiger partial charge in [0, 0.05) is 17.0 Å². The monoisotopic (exact) mass is 391 g/mol. The molecule has 0 aliphatic heterocycles. The van der Waals surface area contributed by atoms with Crippen LogP contribution in [0.1, 0.15) is 36.5 Å². The van der Waals surface area contributed by atoms with Gasteiger partial charge in [-0.2, -0.15) is 0 Å². The van der Waals surface area contributed by atoms with Crippen molar-refractivity contribution in [3.8, 4) is 11.5 Å². The van der Waals surface area contributed by atoms with Crippen LogP contribution in [-0.4, -0.2) is 27.3 Å². The summed E-state index contributed by atoms with van der Waals surface area (Å²) < 4.78 is 11.2. The van der Waals surface area contributed by atoms with Gasteiger partial charge >= 0.3 is 0 Å². The molecule has 29 heavy (non-hydrogen) atoms. The molecule has 0 bridgehead atoms. The molecule has 0 aliphatic carbocycles. The Morgan fingerprint density at radius 2 is 1.10 bits per heavy atom. The van der Waals surface area contributed by atoms with Crippen molar-refractivity contribution in [1.29, 1.82) is 0 Å². The topological polar surface area (TPSA) is 30.5 Å². The normalized spacial score (nSPS) is 10.2. The van der Waals surface area contributed by atoms with E-state index in [4.69, 9.17) is 9.47 Å². The molecule has 0 saturated heterocycles. The maximum absolute atomic E-state index is 5.62. The van der Waals surface area contributed by atoms with Gasteiger partial charge in [-0.3, -0.25) is 0 Å². The van der Waals surface area contributed by atoms with Crippen LogP contribution in [0.15, 0.2) is 78.9 Å². The highest BCUT2D eigenvalue weighted by atomic mass is 16.5. The lowest BCUT2D eigenvalue weighted by Gasteiger charge is -2.22. The van der Waals surface area contributed by atoms with Crippen molar-refractivity contribution in [3.05, 3.63) is 95.6 Å². The maximum atomic E-state index is 5.62. The Morgan fingerprint density at radius 1 is 0.655 bits per heavy atom. The molecule has 0 amide bonds. The van der Waals surface area contributed by atoms with Crippen molar-refractivity contribution in [3.63, 3.8) is 0 Å². The third-order valence-corrected chi connectivity index (χ3v) is 4.81. The number of para-hydroxylation sites is 2. The Kier molecular flexibility index (Phi) is 9.81. The summed E-state index contributed by atoms with van der Waals surface area (Å²) >= 11 is 0. The fourth-order valence-corrected chi connectivity index (χ4v) is 3.40. The lowest BCUT2D eigenvalue weighted by atomic mass is 9.85. The number of rotatable bonds is 8. The molecule has 0 saturated carbocycles. The van der Waals surface area contributed by atoms with Crippen molar-refractivity contribution in [2.45, 2.75) is 26.2 Å². The average molecular weight is 392 g/mol. The van der Waals surface area contributed by atoms with E-state index >= 15 is 0 Å². The molecule has 0 aliphatic rings. The second-order valence-corrected chi connectivity index (χ2v) is 6.68. The van der Waals surface area contributed by atoms with E-state index < -0.39 is 0 Å². The molecule has 3 nitrogen and oxygen atoms in total. The van der Waals surface area contributed by atoms with Gasteiger partial charge in [-0.15, -0.1) is 0 Å². The SMILES string of the molecule is CCNCC.COc1ccccc1C(Cc1ccccc1)c1ccccc1OC. The molecule has 0 unspecified atom stereocenters. The number of benzene rings is 3. The van der Waals surface area contributed by atoms with Crippen molar-refractivity contribution in [2.75, 3.05) is 27.3 Å². The molecular formula is C26H33NO2. The van der Waals surface area contributed by atoms with Crippen LogP contribution < -0.4 is 14.8 Å². The number of hydrogen-bond donors (Lipinski definition) is 1. The summed E-state index contributed by atoms with van der Waals surface area (Å²) in [6, 6.07) is 27.0. The minimum Gasteiger partial charge on any atom is -0.496 e. The van der Waals surface area contributed by atoms with Gasteiger partial charge in [0.15, 0.2) is 0 Å². The first-order valence-corrected chi connectivity index (χ1v) is 10.3. The van der Waals surface area contributed by atoms with E-state index in [0.29, 0.717) is 0 Å². The molecule has 0 radical (unpaired) electrons. The van der Waals surface area contributed by atoms with Crippen LogP contribution in [0.5, 0.6) is 11.5 Å². The molecule has 3 rings (SSSR count). The van der Waals surface area contributed by atoms with Crippen LogP contribution in [0.3, 0.4) is 0 Å². The first kappa shape index (κ1) is 22.5. The van der Waals surface area contributed by atoms with E-state index in [0.717, 1.165) is 31.0 Å². The van der Waals surface area contributed by atoms with Gasteiger partial charge in [-0.1, -0.05) is 80.6 Å². The standard InChI is InChI=1S/C22H22O2.C4H11N/c1-23-21-14-8-6-12-18(21)20(16-17-10-4-3-5-11-17)19-13-7-9-15-22(19)24-2;1-3-5-4-2/h3-15,20H,16H2,1-2H3;5H,3-4H2,1-2H3. The van der Waals surface area contributed by atoms with Gasteiger partial charge in [0.2, 0.25) is 0 Å².